The third-order valence-corrected chi connectivity index (χ3v) is 3.49. The number of ether oxygens (including phenoxy) is 2. The summed E-state index contributed by atoms with van der Waals surface area (Å²) in [7, 11) is 0. The number of carbonyl (C=O) groups is 1. The van der Waals surface area contributed by atoms with Gasteiger partial charge in [-0.05, 0) is 30.3 Å². The largest absolute Gasteiger partial charge is 0.454 e. The highest BCUT2D eigenvalue weighted by atomic mass is 16.7. The summed E-state index contributed by atoms with van der Waals surface area (Å²) in [6.45, 7) is 0.199. The molecule has 0 saturated heterocycles. The van der Waals surface area contributed by atoms with Gasteiger partial charge in [0.25, 0.3) is 0 Å². The molecule has 21 heavy (non-hydrogen) atoms. The number of benzene rings is 2. The first kappa shape index (κ1) is 11.9. The first-order valence-electron chi connectivity index (χ1n) is 6.60. The highest BCUT2D eigenvalue weighted by molar-refractivity contribution is 6.10. The zero-order valence-corrected chi connectivity index (χ0v) is 11.1. The van der Waals surface area contributed by atoms with Crippen molar-refractivity contribution in [1.82, 2.24) is 4.98 Å². The van der Waals surface area contributed by atoms with E-state index in [1.54, 1.807) is 24.4 Å². The average Bonchev–Trinajstić information content (AvgIpc) is 3.01. The number of rotatable bonds is 2. The van der Waals surface area contributed by atoms with Crippen molar-refractivity contribution in [3.8, 4) is 11.5 Å². The second-order valence-corrected chi connectivity index (χ2v) is 4.81. The molecule has 0 amide bonds. The monoisotopic (exact) mass is 277 g/mol. The van der Waals surface area contributed by atoms with Crippen molar-refractivity contribution in [3.63, 3.8) is 0 Å². The second kappa shape index (κ2) is 4.59. The van der Waals surface area contributed by atoms with E-state index in [1.807, 2.05) is 30.3 Å². The first-order chi connectivity index (χ1) is 10.3. The van der Waals surface area contributed by atoms with Crippen LogP contribution in [-0.2, 0) is 0 Å². The minimum absolute atomic E-state index is 0.0773. The second-order valence-electron chi connectivity index (χ2n) is 4.81. The summed E-state index contributed by atoms with van der Waals surface area (Å²) in [4.78, 5) is 16.9. The van der Waals surface area contributed by atoms with Gasteiger partial charge in [0.05, 0.1) is 5.52 Å². The molecule has 0 N–H and O–H groups in total. The number of hydrogen-bond donors (Lipinski definition) is 0. The molecule has 1 aromatic heterocycles. The Bertz CT molecular complexity index is 858. The number of carbonyl (C=O) groups excluding carboxylic acids is 1. The number of aromatic nitrogens is 1. The van der Waals surface area contributed by atoms with Gasteiger partial charge < -0.3 is 9.47 Å². The van der Waals surface area contributed by atoms with Gasteiger partial charge in [0.1, 0.15) is 0 Å². The van der Waals surface area contributed by atoms with Gasteiger partial charge in [-0.1, -0.05) is 18.2 Å². The van der Waals surface area contributed by atoms with E-state index in [0.29, 0.717) is 22.6 Å². The van der Waals surface area contributed by atoms with Crippen molar-refractivity contribution in [3.05, 3.63) is 65.9 Å². The molecule has 3 aromatic rings. The van der Waals surface area contributed by atoms with Crippen molar-refractivity contribution in [1.29, 1.82) is 0 Å². The van der Waals surface area contributed by atoms with Crippen molar-refractivity contribution in [2.45, 2.75) is 0 Å². The van der Waals surface area contributed by atoms with Crippen LogP contribution in [0.4, 0.5) is 0 Å². The van der Waals surface area contributed by atoms with Gasteiger partial charge in [0.15, 0.2) is 17.3 Å². The number of hydrogen-bond acceptors (Lipinski definition) is 4. The first-order valence-corrected chi connectivity index (χ1v) is 6.60. The van der Waals surface area contributed by atoms with Gasteiger partial charge in [-0.15, -0.1) is 0 Å². The van der Waals surface area contributed by atoms with Crippen LogP contribution in [0, 0.1) is 0 Å². The van der Waals surface area contributed by atoms with Crippen molar-refractivity contribution in [2.24, 2.45) is 0 Å². The Labute approximate surface area is 121 Å². The number of pyridine rings is 1. The van der Waals surface area contributed by atoms with Crippen LogP contribution >= 0.6 is 0 Å². The predicted molar refractivity (Wildman–Crippen MR) is 77.7 cm³/mol. The van der Waals surface area contributed by atoms with Gasteiger partial charge in [0, 0.05) is 22.7 Å². The molecule has 0 saturated carbocycles. The standard InChI is InChI=1S/C17H11NO3/c19-17(12-5-6-15-16(8-12)21-10-20-15)13-7-11-3-1-2-4-14(11)18-9-13/h1-9H,10H2. The molecule has 2 aromatic carbocycles. The Balaban J connectivity index is 1.75. The van der Waals surface area contributed by atoms with Gasteiger partial charge in [0.2, 0.25) is 6.79 Å². The summed E-state index contributed by atoms with van der Waals surface area (Å²) in [6.07, 6.45) is 1.61. The molecule has 0 atom stereocenters. The Morgan fingerprint density at radius 2 is 1.81 bits per heavy atom. The molecule has 4 rings (SSSR count). The Kier molecular flexibility index (Phi) is 2.60. The quantitative estimate of drug-likeness (QED) is 0.675. The van der Waals surface area contributed by atoms with E-state index in [2.05, 4.69) is 4.98 Å². The molecule has 0 aliphatic carbocycles. The fraction of sp³-hybridized carbons (Fsp3) is 0.0588. The molecular weight excluding hydrogens is 266 g/mol. The van der Waals surface area contributed by atoms with Gasteiger partial charge in [-0.2, -0.15) is 0 Å². The zero-order chi connectivity index (χ0) is 14.2. The Morgan fingerprint density at radius 1 is 0.952 bits per heavy atom. The predicted octanol–water partition coefficient (Wildman–Crippen LogP) is 3.19. The smallest absolute Gasteiger partial charge is 0.231 e. The highest BCUT2D eigenvalue weighted by Crippen LogP contribution is 2.33. The maximum absolute atomic E-state index is 12.6. The molecule has 0 unspecified atom stereocenters. The summed E-state index contributed by atoms with van der Waals surface area (Å²) in [5, 5.41) is 0.948. The molecule has 1 aliphatic rings. The fourth-order valence-corrected chi connectivity index (χ4v) is 2.40. The molecule has 4 heteroatoms. The summed E-state index contributed by atoms with van der Waals surface area (Å²) < 4.78 is 10.6. The maximum atomic E-state index is 12.6. The Hall–Kier alpha value is -2.88. The van der Waals surface area contributed by atoms with Gasteiger partial charge in [-0.25, -0.2) is 0 Å². The van der Waals surface area contributed by atoms with Crippen LogP contribution in [-0.4, -0.2) is 17.6 Å². The van der Waals surface area contributed by atoms with E-state index in [4.69, 9.17) is 9.47 Å². The van der Waals surface area contributed by atoms with Crippen LogP contribution in [0.15, 0.2) is 54.7 Å². The maximum Gasteiger partial charge on any atom is 0.231 e. The number of nitrogens with zero attached hydrogens (tertiary/aromatic N) is 1. The Morgan fingerprint density at radius 3 is 2.76 bits per heavy atom. The highest BCUT2D eigenvalue weighted by Gasteiger charge is 2.17. The zero-order valence-electron chi connectivity index (χ0n) is 11.1. The van der Waals surface area contributed by atoms with Crippen molar-refractivity contribution >= 4 is 16.7 Å². The van der Waals surface area contributed by atoms with Crippen LogP contribution in [0.2, 0.25) is 0 Å². The van der Waals surface area contributed by atoms with Crippen LogP contribution < -0.4 is 9.47 Å². The lowest BCUT2D eigenvalue weighted by Gasteiger charge is -2.04. The average molecular weight is 277 g/mol. The molecule has 0 fully saturated rings. The third kappa shape index (κ3) is 2.01. The van der Waals surface area contributed by atoms with E-state index >= 15 is 0 Å². The van der Waals surface area contributed by atoms with Gasteiger partial charge in [-0.3, -0.25) is 9.78 Å². The minimum Gasteiger partial charge on any atom is -0.454 e. The van der Waals surface area contributed by atoms with Crippen molar-refractivity contribution < 1.29 is 14.3 Å². The van der Waals surface area contributed by atoms with Crippen molar-refractivity contribution in [2.75, 3.05) is 6.79 Å². The van der Waals surface area contributed by atoms with Gasteiger partial charge >= 0.3 is 0 Å². The van der Waals surface area contributed by atoms with Crippen LogP contribution in [0.3, 0.4) is 0 Å². The topological polar surface area (TPSA) is 48.4 Å². The summed E-state index contributed by atoms with van der Waals surface area (Å²) in [6, 6.07) is 14.8. The molecule has 2 heterocycles. The summed E-state index contributed by atoms with van der Waals surface area (Å²) in [5.74, 6) is 1.20. The third-order valence-electron chi connectivity index (χ3n) is 3.49. The van der Waals surface area contributed by atoms with Crippen LogP contribution in [0.1, 0.15) is 15.9 Å². The summed E-state index contributed by atoms with van der Waals surface area (Å²) in [5.41, 5.74) is 2.00. The normalized spacial score (nSPS) is 12.6. The molecule has 1 aliphatic heterocycles. The van der Waals surface area contributed by atoms with E-state index in [0.717, 1.165) is 10.9 Å². The van der Waals surface area contributed by atoms with E-state index < -0.39 is 0 Å². The van der Waals surface area contributed by atoms with E-state index in [1.165, 1.54) is 0 Å². The van der Waals surface area contributed by atoms with E-state index in [9.17, 15) is 4.79 Å². The summed E-state index contributed by atoms with van der Waals surface area (Å²) >= 11 is 0. The molecule has 0 radical (unpaired) electrons. The fourth-order valence-electron chi connectivity index (χ4n) is 2.40. The van der Waals surface area contributed by atoms with Crippen LogP contribution in [0.25, 0.3) is 10.9 Å². The molecule has 4 nitrogen and oxygen atoms in total. The minimum atomic E-state index is -0.0773. The molecule has 102 valence electrons. The molecule has 0 bridgehead atoms. The lowest BCUT2D eigenvalue weighted by molar-refractivity contribution is 0.103. The molecule has 0 spiro atoms. The molecular formula is C17H11NO3. The number of fused-ring (bicyclic) bond motifs is 2. The number of ketones is 1. The lowest BCUT2D eigenvalue weighted by atomic mass is 10.0. The van der Waals surface area contributed by atoms with E-state index in [-0.39, 0.29) is 12.6 Å². The lowest BCUT2D eigenvalue weighted by Crippen LogP contribution is -2.02. The SMILES string of the molecule is O=C(c1ccc2c(c1)OCO2)c1cnc2ccccc2c1. The van der Waals surface area contributed by atoms with Crippen LogP contribution in [0.5, 0.6) is 11.5 Å². The number of para-hydroxylation sites is 1.